The van der Waals surface area contributed by atoms with Gasteiger partial charge in [-0.3, -0.25) is 14.4 Å². The Balaban J connectivity index is 1.52. The van der Waals surface area contributed by atoms with E-state index in [4.69, 9.17) is 9.47 Å². The molecule has 3 aliphatic rings. The van der Waals surface area contributed by atoms with Crippen LogP contribution in [0.25, 0.3) is 6.08 Å². The predicted octanol–water partition coefficient (Wildman–Crippen LogP) is 5.69. The third-order valence-electron chi connectivity index (χ3n) is 8.85. The molecule has 1 N–H and O–H groups in total. The second-order valence-corrected chi connectivity index (χ2v) is 10.8. The van der Waals surface area contributed by atoms with Crippen LogP contribution < -0.4 is 14.8 Å². The van der Waals surface area contributed by atoms with E-state index in [1.165, 1.54) is 0 Å². The fraction of sp³-hybridized carbons (Fsp3) is 0.171. The van der Waals surface area contributed by atoms with Gasteiger partial charge in [-0.1, -0.05) is 54.6 Å². The third kappa shape index (κ3) is 3.56. The summed E-state index contributed by atoms with van der Waals surface area (Å²) >= 11 is 0. The second kappa shape index (κ2) is 9.73. The van der Waals surface area contributed by atoms with Crippen LogP contribution in [-0.2, 0) is 10.2 Å². The van der Waals surface area contributed by atoms with Crippen LogP contribution in [-0.4, -0.2) is 42.6 Å². The van der Waals surface area contributed by atoms with Gasteiger partial charge in [-0.25, -0.2) is 0 Å². The Bertz CT molecular complexity index is 1780. The third-order valence-corrected chi connectivity index (χ3v) is 8.85. The van der Waals surface area contributed by atoms with Gasteiger partial charge in [0.15, 0.2) is 11.6 Å². The molecule has 0 bridgehead atoms. The van der Waals surface area contributed by atoms with E-state index in [0.29, 0.717) is 33.9 Å². The lowest BCUT2D eigenvalue weighted by atomic mass is 9.62. The maximum atomic E-state index is 14.8. The van der Waals surface area contributed by atoms with Crippen molar-refractivity contribution < 1.29 is 23.9 Å². The topological polar surface area (TPSA) is 84.9 Å². The van der Waals surface area contributed by atoms with Crippen molar-refractivity contribution in [1.82, 2.24) is 4.90 Å². The number of amides is 1. The number of ketones is 2. The predicted molar refractivity (Wildman–Crippen MR) is 159 cm³/mol. The van der Waals surface area contributed by atoms with Crippen LogP contribution in [0, 0.1) is 5.92 Å². The van der Waals surface area contributed by atoms with E-state index in [2.05, 4.69) is 5.32 Å². The quantitative estimate of drug-likeness (QED) is 0.308. The van der Waals surface area contributed by atoms with E-state index in [1.54, 1.807) is 62.8 Å². The fourth-order valence-corrected chi connectivity index (χ4v) is 7.05. The van der Waals surface area contributed by atoms with Crippen molar-refractivity contribution in [2.24, 2.45) is 5.92 Å². The highest BCUT2D eigenvalue weighted by atomic mass is 16.5. The van der Waals surface area contributed by atoms with Gasteiger partial charge in [0, 0.05) is 23.0 Å². The lowest BCUT2D eigenvalue weighted by Crippen LogP contribution is -2.49. The van der Waals surface area contributed by atoms with Crippen molar-refractivity contribution in [2.45, 2.75) is 17.5 Å². The van der Waals surface area contributed by atoms with Crippen LogP contribution in [0.3, 0.4) is 0 Å². The van der Waals surface area contributed by atoms with Gasteiger partial charge in [-0.05, 0) is 65.2 Å². The molecule has 4 atom stereocenters. The highest BCUT2D eigenvalue weighted by molar-refractivity contribution is 6.16. The highest BCUT2D eigenvalue weighted by Gasteiger charge is 2.70. The summed E-state index contributed by atoms with van der Waals surface area (Å²) in [5.41, 5.74) is 2.62. The summed E-state index contributed by atoms with van der Waals surface area (Å²) in [5.74, 6) is -0.748. The van der Waals surface area contributed by atoms with E-state index in [0.717, 1.165) is 11.1 Å². The molecule has 0 saturated carbocycles. The van der Waals surface area contributed by atoms with E-state index < -0.39 is 23.4 Å². The molecule has 7 nitrogen and oxygen atoms in total. The number of para-hydroxylation sites is 1. The number of nitrogens with zero attached hydrogens (tertiary/aromatic N) is 1. The average molecular weight is 557 g/mol. The minimum atomic E-state index is -1.38. The zero-order valence-corrected chi connectivity index (χ0v) is 23.1. The smallest absolute Gasteiger partial charge is 0.238 e. The van der Waals surface area contributed by atoms with Gasteiger partial charge in [-0.15, -0.1) is 0 Å². The average Bonchev–Trinajstić information content (AvgIpc) is 3.52. The molecular weight excluding hydrogens is 528 g/mol. The van der Waals surface area contributed by atoms with Crippen LogP contribution >= 0.6 is 0 Å². The SMILES string of the molecule is COc1ccc(C(=O)[C@@H]2[C@H](C(=O)c3cccc(OC)c3)N3C=Cc4ccccc4[C@@H]3[C@@]23C(=O)Nc2ccccc23)cc1. The van der Waals surface area contributed by atoms with E-state index in [1.807, 2.05) is 65.7 Å². The Morgan fingerprint density at radius 2 is 1.52 bits per heavy atom. The summed E-state index contributed by atoms with van der Waals surface area (Å²) in [6.45, 7) is 0. The molecule has 1 fully saturated rings. The fourth-order valence-electron chi connectivity index (χ4n) is 7.05. The molecule has 3 heterocycles. The number of nitrogens with one attached hydrogen (secondary N) is 1. The molecular formula is C35H28N2O5. The van der Waals surface area contributed by atoms with Crippen molar-refractivity contribution >= 4 is 29.2 Å². The number of carbonyl (C=O) groups is 3. The number of Topliss-reactive ketones (excluding diaryl/α,β-unsaturated/α-hetero) is 2. The Morgan fingerprint density at radius 3 is 2.31 bits per heavy atom. The molecule has 4 aromatic carbocycles. The first-order valence-electron chi connectivity index (χ1n) is 13.8. The number of hydrogen-bond donors (Lipinski definition) is 1. The zero-order chi connectivity index (χ0) is 29.0. The second-order valence-electron chi connectivity index (χ2n) is 10.8. The molecule has 42 heavy (non-hydrogen) atoms. The summed E-state index contributed by atoms with van der Waals surface area (Å²) in [6, 6.07) is 27.5. The van der Waals surface area contributed by atoms with E-state index in [-0.39, 0.29) is 17.5 Å². The zero-order valence-electron chi connectivity index (χ0n) is 23.1. The highest BCUT2D eigenvalue weighted by Crippen LogP contribution is 2.62. The van der Waals surface area contributed by atoms with Gasteiger partial charge in [0.25, 0.3) is 0 Å². The number of rotatable bonds is 6. The first-order chi connectivity index (χ1) is 20.5. The first kappa shape index (κ1) is 25.8. The lowest BCUT2D eigenvalue weighted by molar-refractivity contribution is -0.122. The first-order valence-corrected chi connectivity index (χ1v) is 13.8. The van der Waals surface area contributed by atoms with Gasteiger partial charge in [0.05, 0.1) is 26.2 Å². The van der Waals surface area contributed by atoms with Gasteiger partial charge in [-0.2, -0.15) is 0 Å². The summed E-state index contributed by atoms with van der Waals surface area (Å²) in [6.07, 6.45) is 3.82. The summed E-state index contributed by atoms with van der Waals surface area (Å²) in [7, 11) is 3.11. The van der Waals surface area contributed by atoms with Crippen molar-refractivity contribution in [1.29, 1.82) is 0 Å². The Morgan fingerprint density at radius 1 is 0.786 bits per heavy atom. The van der Waals surface area contributed by atoms with Crippen LogP contribution in [0.2, 0.25) is 0 Å². The van der Waals surface area contributed by atoms with E-state index >= 15 is 0 Å². The maximum Gasteiger partial charge on any atom is 0.238 e. The number of ether oxygens (including phenoxy) is 2. The monoisotopic (exact) mass is 556 g/mol. The van der Waals surface area contributed by atoms with Gasteiger partial charge in [0.1, 0.15) is 23.0 Å². The Kier molecular flexibility index (Phi) is 5.97. The molecule has 4 aromatic rings. The lowest BCUT2D eigenvalue weighted by Gasteiger charge is -2.38. The number of hydrogen-bond acceptors (Lipinski definition) is 6. The number of anilines is 1. The van der Waals surface area contributed by atoms with Crippen LogP contribution in [0.5, 0.6) is 11.5 Å². The number of fused-ring (bicyclic) bond motifs is 6. The summed E-state index contributed by atoms with van der Waals surface area (Å²) < 4.78 is 10.7. The van der Waals surface area contributed by atoms with Crippen molar-refractivity contribution in [3.8, 4) is 11.5 Å². The molecule has 0 aliphatic carbocycles. The summed E-state index contributed by atoms with van der Waals surface area (Å²) in [4.78, 5) is 45.9. The Hall–Kier alpha value is -5.17. The molecule has 7 rings (SSSR count). The minimum Gasteiger partial charge on any atom is -0.497 e. The number of methoxy groups -OCH3 is 2. The number of carbonyl (C=O) groups excluding carboxylic acids is 3. The largest absolute Gasteiger partial charge is 0.497 e. The maximum absolute atomic E-state index is 14.8. The van der Waals surface area contributed by atoms with Crippen LogP contribution in [0.15, 0.2) is 103 Å². The molecule has 0 aromatic heterocycles. The van der Waals surface area contributed by atoms with Crippen molar-refractivity contribution in [2.75, 3.05) is 19.5 Å². The van der Waals surface area contributed by atoms with Gasteiger partial charge in [0.2, 0.25) is 5.91 Å². The number of benzene rings is 4. The van der Waals surface area contributed by atoms with Crippen LogP contribution in [0.4, 0.5) is 5.69 Å². The van der Waals surface area contributed by atoms with E-state index in [9.17, 15) is 14.4 Å². The Labute approximate surface area is 243 Å². The molecule has 0 unspecified atom stereocenters. The molecule has 208 valence electrons. The molecule has 1 spiro atoms. The summed E-state index contributed by atoms with van der Waals surface area (Å²) in [5, 5.41) is 3.07. The standard InChI is InChI=1S/C35H28N2O5/c1-41-24-16-14-22(15-17-24)31(38)29-30(32(39)23-9-7-10-25(20-23)42-2)37-19-18-21-8-3-4-11-26(21)33(37)35(29)27-12-5-6-13-28(27)36-34(35)40/h3-20,29-30,33H,1-2H3,(H,36,40)/t29-,30+,33+,35-/m0/s1. The minimum absolute atomic E-state index is 0.260. The molecule has 0 radical (unpaired) electrons. The molecule has 1 saturated heterocycles. The van der Waals surface area contributed by atoms with Crippen molar-refractivity contribution in [3.63, 3.8) is 0 Å². The molecule has 7 heteroatoms. The molecule has 3 aliphatic heterocycles. The van der Waals surface area contributed by atoms with Gasteiger partial charge >= 0.3 is 0 Å². The molecule has 1 amide bonds. The van der Waals surface area contributed by atoms with Crippen molar-refractivity contribution in [3.05, 3.63) is 131 Å². The normalized spacial score (nSPS) is 23.1. The van der Waals surface area contributed by atoms with Gasteiger partial charge < -0.3 is 19.7 Å². The van der Waals surface area contributed by atoms with Crippen LogP contribution in [0.1, 0.15) is 43.4 Å².